The fourth-order valence-electron chi connectivity index (χ4n) is 0.638. The molecule has 0 N–H and O–H groups in total. The van der Waals surface area contributed by atoms with Crippen LogP contribution < -0.4 is 0 Å². The molecule has 4 nitrogen and oxygen atoms in total. The summed E-state index contributed by atoms with van der Waals surface area (Å²) in [7, 11) is 1.65. The second-order valence-electron chi connectivity index (χ2n) is 2.36. The smallest absolute Gasteiger partial charge is 0.355 e. The average molecular weight is 192 g/mol. The second kappa shape index (κ2) is 5.44. The molecule has 0 aliphatic carbocycles. The zero-order valence-electron chi connectivity index (χ0n) is 8.05. The molecule has 0 amide bonds. The topological polar surface area (TPSA) is 36.9 Å². The van der Waals surface area contributed by atoms with Crippen LogP contribution in [-0.2, 0) is 17.7 Å². The lowest BCUT2D eigenvalue weighted by atomic mass is 10.4. The first-order valence-corrected chi connectivity index (χ1v) is 5.17. The van der Waals surface area contributed by atoms with E-state index in [4.69, 9.17) is 17.7 Å². The summed E-state index contributed by atoms with van der Waals surface area (Å²) in [5.41, 5.74) is 0.901. The van der Waals surface area contributed by atoms with Gasteiger partial charge >= 0.3 is 9.05 Å². The number of hydrogen-bond acceptors (Lipinski definition) is 4. The van der Waals surface area contributed by atoms with E-state index >= 15 is 0 Å². The fourth-order valence-corrected chi connectivity index (χ4v) is 1.92. The first-order chi connectivity index (χ1) is 5.60. The Labute approximate surface area is 74.6 Å². The van der Waals surface area contributed by atoms with Crippen molar-refractivity contribution in [2.45, 2.75) is 6.92 Å². The molecule has 0 bridgehead atoms. The number of hydrogen-bond donors (Lipinski definition) is 0. The van der Waals surface area contributed by atoms with Gasteiger partial charge < -0.3 is 17.7 Å². The van der Waals surface area contributed by atoms with Crippen molar-refractivity contribution in [1.82, 2.24) is 0 Å². The van der Waals surface area contributed by atoms with E-state index in [1.165, 1.54) is 21.3 Å². The monoisotopic (exact) mass is 192 g/mol. The van der Waals surface area contributed by atoms with Gasteiger partial charge in [-0.1, -0.05) is 12.2 Å². The van der Waals surface area contributed by atoms with Crippen LogP contribution in [0.3, 0.4) is 0 Å². The predicted octanol–water partition coefficient (Wildman–Crippen LogP) is 0.954. The van der Waals surface area contributed by atoms with Gasteiger partial charge in [0.05, 0.1) is 6.61 Å². The molecule has 0 atom stereocenters. The molecule has 0 heterocycles. The highest BCUT2D eigenvalue weighted by molar-refractivity contribution is 6.53. The van der Waals surface area contributed by atoms with Crippen LogP contribution in [0.5, 0.6) is 0 Å². The Balaban J connectivity index is 4.01. The summed E-state index contributed by atoms with van der Waals surface area (Å²) in [6.45, 7) is 5.94. The molecule has 0 aromatic heterocycles. The highest BCUT2D eigenvalue weighted by Crippen LogP contribution is 2.08. The van der Waals surface area contributed by atoms with Gasteiger partial charge in [0.15, 0.2) is 0 Å². The van der Waals surface area contributed by atoms with Crippen LogP contribution in [-0.4, -0.2) is 37.0 Å². The van der Waals surface area contributed by atoms with E-state index in [1.807, 2.05) is 6.92 Å². The molecule has 0 rings (SSSR count). The molecule has 12 heavy (non-hydrogen) atoms. The van der Waals surface area contributed by atoms with E-state index in [9.17, 15) is 0 Å². The van der Waals surface area contributed by atoms with Gasteiger partial charge in [-0.2, -0.15) is 0 Å². The third-order valence-corrected chi connectivity index (χ3v) is 3.24. The summed E-state index contributed by atoms with van der Waals surface area (Å²) in [5, 5.41) is 0. The minimum Gasteiger partial charge on any atom is -0.355 e. The van der Waals surface area contributed by atoms with E-state index in [1.54, 1.807) is 0 Å². The first-order valence-electron chi connectivity index (χ1n) is 3.54. The van der Waals surface area contributed by atoms with Gasteiger partial charge in [-0.3, -0.25) is 0 Å². The summed E-state index contributed by atoms with van der Waals surface area (Å²) < 4.78 is 20.4. The summed E-state index contributed by atoms with van der Waals surface area (Å²) in [6, 6.07) is 0. The van der Waals surface area contributed by atoms with Gasteiger partial charge in [-0.05, 0) is 6.92 Å². The summed E-state index contributed by atoms with van der Waals surface area (Å²) >= 11 is 0. The van der Waals surface area contributed by atoms with Gasteiger partial charge in [-0.25, -0.2) is 0 Å². The van der Waals surface area contributed by atoms with Crippen molar-refractivity contribution < 1.29 is 17.7 Å². The molecule has 0 aliphatic heterocycles. The van der Waals surface area contributed by atoms with Crippen molar-refractivity contribution in [2.75, 3.05) is 27.9 Å². The van der Waals surface area contributed by atoms with Crippen LogP contribution in [0.25, 0.3) is 0 Å². The summed E-state index contributed by atoms with van der Waals surface area (Å²) in [6.07, 6.45) is 0. The van der Waals surface area contributed by atoms with Crippen molar-refractivity contribution in [1.29, 1.82) is 0 Å². The van der Waals surface area contributed by atoms with Crippen molar-refractivity contribution >= 4 is 9.05 Å². The van der Waals surface area contributed by atoms with Crippen LogP contribution in [0.2, 0.25) is 0 Å². The maximum atomic E-state index is 5.31. The Morgan fingerprint density at radius 2 is 1.58 bits per heavy atom. The van der Waals surface area contributed by atoms with Crippen LogP contribution in [0.1, 0.15) is 6.92 Å². The minimum absolute atomic E-state index is 0.391. The van der Waals surface area contributed by atoms with Crippen LogP contribution in [0, 0.1) is 0 Å². The van der Waals surface area contributed by atoms with Crippen molar-refractivity contribution in [2.24, 2.45) is 0 Å². The molecule has 5 heteroatoms. The normalized spacial score (nSPS) is 11.7. The van der Waals surface area contributed by atoms with Crippen molar-refractivity contribution in [3.63, 3.8) is 0 Å². The maximum Gasteiger partial charge on any atom is 0.679 e. The molecule has 72 valence electrons. The summed E-state index contributed by atoms with van der Waals surface area (Å²) in [5.74, 6) is 0. The lowest BCUT2D eigenvalue weighted by molar-refractivity contribution is 0.0118. The molecular weight excluding hydrogens is 176 g/mol. The van der Waals surface area contributed by atoms with Crippen molar-refractivity contribution in [3.8, 4) is 0 Å². The zero-order valence-corrected chi connectivity index (χ0v) is 9.05. The molecule has 0 aromatic rings. The molecule has 0 fully saturated rings. The van der Waals surface area contributed by atoms with Crippen LogP contribution in [0.15, 0.2) is 12.2 Å². The minimum atomic E-state index is -2.84. The lowest BCUT2D eigenvalue weighted by Gasteiger charge is -2.22. The van der Waals surface area contributed by atoms with E-state index in [-0.39, 0.29) is 0 Å². The van der Waals surface area contributed by atoms with E-state index in [0.29, 0.717) is 6.61 Å². The Morgan fingerprint density at radius 3 is 1.83 bits per heavy atom. The quantitative estimate of drug-likeness (QED) is 0.464. The zero-order chi connectivity index (χ0) is 9.61. The molecule has 0 aliphatic rings. The van der Waals surface area contributed by atoms with E-state index < -0.39 is 9.05 Å². The van der Waals surface area contributed by atoms with Gasteiger partial charge in [0, 0.05) is 21.3 Å². The van der Waals surface area contributed by atoms with Gasteiger partial charge in [0.1, 0.15) is 0 Å². The molecule has 0 aromatic carbocycles. The summed E-state index contributed by atoms with van der Waals surface area (Å²) in [4.78, 5) is 0. The van der Waals surface area contributed by atoms with Gasteiger partial charge in [0.2, 0.25) is 0 Å². The third kappa shape index (κ3) is 3.46. The average Bonchev–Trinajstić information content (AvgIpc) is 2.08. The maximum absolute atomic E-state index is 5.31. The fraction of sp³-hybridized carbons (Fsp3) is 0.714. The van der Waals surface area contributed by atoms with Gasteiger partial charge in [0.25, 0.3) is 0 Å². The third-order valence-electron chi connectivity index (χ3n) is 1.25. The van der Waals surface area contributed by atoms with Crippen molar-refractivity contribution in [3.05, 3.63) is 12.2 Å². The Kier molecular flexibility index (Phi) is 5.35. The first kappa shape index (κ1) is 11.8. The molecule has 0 saturated carbocycles. The van der Waals surface area contributed by atoms with Gasteiger partial charge in [-0.15, -0.1) is 0 Å². The van der Waals surface area contributed by atoms with Crippen LogP contribution >= 0.6 is 0 Å². The second-order valence-corrected chi connectivity index (χ2v) is 4.87. The highest BCUT2D eigenvalue weighted by Gasteiger charge is 2.42. The van der Waals surface area contributed by atoms with Crippen LogP contribution in [0.4, 0.5) is 0 Å². The SMILES string of the molecule is C=C(C)CO[Si](OC)(OC)OC. The van der Waals surface area contributed by atoms with E-state index in [2.05, 4.69) is 6.58 Å². The lowest BCUT2D eigenvalue weighted by Crippen LogP contribution is -2.46. The number of rotatable bonds is 6. The standard InChI is InChI=1S/C7H16O4Si/c1-7(2)6-11-12(8-3,9-4)10-5/h1,6H2,2-5H3. The molecule has 0 saturated heterocycles. The van der Waals surface area contributed by atoms with E-state index in [0.717, 1.165) is 5.57 Å². The Bertz CT molecular complexity index is 136. The predicted molar refractivity (Wildman–Crippen MR) is 47.5 cm³/mol. The Morgan fingerprint density at radius 1 is 1.17 bits per heavy atom. The molecule has 0 spiro atoms. The molecule has 0 radical (unpaired) electrons. The Hall–Kier alpha value is -0.203. The molecule has 0 unspecified atom stereocenters. The highest BCUT2D eigenvalue weighted by atomic mass is 28.4. The molecular formula is C7H16O4Si. The largest absolute Gasteiger partial charge is 0.679 e.